The molecule has 0 saturated heterocycles. The summed E-state index contributed by atoms with van der Waals surface area (Å²) < 4.78 is 0. The molecular formula is C21H48N2. The van der Waals surface area contributed by atoms with Crippen LogP contribution in [0.1, 0.15) is 97.8 Å². The molecule has 0 rings (SSSR count). The molecule has 0 unspecified atom stereocenters. The van der Waals surface area contributed by atoms with Crippen molar-refractivity contribution in [3.05, 3.63) is 0 Å². The van der Waals surface area contributed by atoms with Gasteiger partial charge in [-0.05, 0) is 60.0 Å². The lowest BCUT2D eigenvalue weighted by Gasteiger charge is -2.15. The van der Waals surface area contributed by atoms with Gasteiger partial charge < -0.3 is 9.80 Å². The Bertz CT molecular complexity index is 180. The maximum absolute atomic E-state index is 2.49. The van der Waals surface area contributed by atoms with Crippen LogP contribution in [0, 0.1) is 0 Å². The second kappa shape index (κ2) is 21.9. The molecule has 0 saturated carbocycles. The van der Waals surface area contributed by atoms with E-state index in [1.807, 2.05) is 0 Å². The lowest BCUT2D eigenvalue weighted by molar-refractivity contribution is 0.315. The molecule has 0 fully saturated rings. The fourth-order valence-corrected chi connectivity index (χ4v) is 2.58. The molecule has 0 aromatic heterocycles. The monoisotopic (exact) mass is 328 g/mol. The summed E-state index contributed by atoms with van der Waals surface area (Å²) in [6.45, 7) is 10.6. The topological polar surface area (TPSA) is 6.48 Å². The van der Waals surface area contributed by atoms with Gasteiger partial charge in [0.05, 0.1) is 0 Å². The van der Waals surface area contributed by atoms with E-state index >= 15 is 0 Å². The van der Waals surface area contributed by atoms with Crippen molar-refractivity contribution in [2.45, 2.75) is 97.8 Å². The van der Waals surface area contributed by atoms with E-state index in [9.17, 15) is 0 Å². The van der Waals surface area contributed by atoms with Crippen molar-refractivity contribution in [3.63, 3.8) is 0 Å². The Morgan fingerprint density at radius 1 is 0.435 bits per heavy atom. The van der Waals surface area contributed by atoms with Crippen LogP contribution >= 0.6 is 0 Å². The van der Waals surface area contributed by atoms with Crippen molar-refractivity contribution in [3.8, 4) is 0 Å². The summed E-state index contributed by atoms with van der Waals surface area (Å²) in [4.78, 5) is 4.74. The third kappa shape index (κ3) is 27.1. The molecule has 0 radical (unpaired) electrons. The molecule has 2 nitrogen and oxygen atoms in total. The minimum atomic E-state index is 1.25. The van der Waals surface area contributed by atoms with E-state index in [-0.39, 0.29) is 0 Å². The highest BCUT2D eigenvalue weighted by molar-refractivity contribution is 4.53. The summed E-state index contributed by atoms with van der Waals surface area (Å²) in [6.07, 6.45) is 16.6. The predicted octanol–water partition coefficient (Wildman–Crippen LogP) is 6.21. The first-order chi connectivity index (χ1) is 11.1. The fourth-order valence-electron chi connectivity index (χ4n) is 2.58. The van der Waals surface area contributed by atoms with Gasteiger partial charge in [-0.3, -0.25) is 0 Å². The lowest BCUT2D eigenvalue weighted by atomic mass is 10.2. The Kier molecular flexibility index (Phi) is 24.0. The molecule has 0 bridgehead atoms. The molecule has 2 heteroatoms. The Balaban J connectivity index is 0. The first-order valence-corrected chi connectivity index (χ1v) is 10.4. The van der Waals surface area contributed by atoms with Gasteiger partial charge in [0.15, 0.2) is 0 Å². The molecule has 0 atom stereocenters. The third-order valence-electron chi connectivity index (χ3n) is 4.25. The predicted molar refractivity (Wildman–Crippen MR) is 108 cm³/mol. The highest BCUT2D eigenvalue weighted by atomic mass is 15.1. The summed E-state index contributed by atoms with van der Waals surface area (Å²) >= 11 is 0. The quantitative estimate of drug-likeness (QED) is 0.330. The maximum Gasteiger partial charge on any atom is -0.00218 e. The summed E-state index contributed by atoms with van der Waals surface area (Å²) in [5.41, 5.74) is 0. The van der Waals surface area contributed by atoms with Crippen LogP contribution in [0.2, 0.25) is 0 Å². The molecule has 23 heavy (non-hydrogen) atoms. The number of rotatable bonds is 15. The van der Waals surface area contributed by atoms with Gasteiger partial charge in [0.1, 0.15) is 0 Å². The molecular weight excluding hydrogens is 280 g/mol. The van der Waals surface area contributed by atoms with E-state index in [2.05, 4.69) is 51.7 Å². The standard InChI is InChI=1S/C13H29N.C8H19N/c1-4-6-8-10-12-14(3)13-11-9-7-5-2;1-4-5-6-7-8-9(2)3/h4-13H2,1-3H3;4-8H2,1-3H3. The molecule has 0 N–H and O–H groups in total. The fraction of sp³-hybridized carbons (Fsp3) is 1.00. The number of hydrogen-bond acceptors (Lipinski definition) is 2. The van der Waals surface area contributed by atoms with Crippen molar-refractivity contribution in [1.29, 1.82) is 0 Å². The largest absolute Gasteiger partial charge is 0.309 e. The van der Waals surface area contributed by atoms with E-state index in [0.717, 1.165) is 0 Å². The van der Waals surface area contributed by atoms with Crippen LogP contribution in [0.3, 0.4) is 0 Å². The second-order valence-electron chi connectivity index (χ2n) is 7.29. The molecule has 0 heterocycles. The van der Waals surface area contributed by atoms with E-state index in [0.29, 0.717) is 0 Å². The normalized spacial score (nSPS) is 11.0. The average molecular weight is 329 g/mol. The van der Waals surface area contributed by atoms with Crippen molar-refractivity contribution < 1.29 is 0 Å². The van der Waals surface area contributed by atoms with Crippen LogP contribution in [-0.2, 0) is 0 Å². The van der Waals surface area contributed by atoms with Gasteiger partial charge in [0, 0.05) is 0 Å². The zero-order chi connectivity index (χ0) is 17.8. The molecule has 142 valence electrons. The van der Waals surface area contributed by atoms with Crippen LogP contribution in [0.4, 0.5) is 0 Å². The molecule has 0 aromatic carbocycles. The molecule has 0 aromatic rings. The summed E-state index contributed by atoms with van der Waals surface area (Å²) in [5, 5.41) is 0. The third-order valence-corrected chi connectivity index (χ3v) is 4.25. The van der Waals surface area contributed by atoms with Crippen molar-refractivity contribution in [2.24, 2.45) is 0 Å². The van der Waals surface area contributed by atoms with Crippen LogP contribution in [0.25, 0.3) is 0 Å². The van der Waals surface area contributed by atoms with Crippen LogP contribution in [0.5, 0.6) is 0 Å². The van der Waals surface area contributed by atoms with Crippen LogP contribution in [0.15, 0.2) is 0 Å². The van der Waals surface area contributed by atoms with E-state index in [1.54, 1.807) is 0 Å². The Morgan fingerprint density at radius 2 is 0.783 bits per heavy atom. The van der Waals surface area contributed by atoms with Gasteiger partial charge in [-0.25, -0.2) is 0 Å². The van der Waals surface area contributed by atoms with Crippen LogP contribution < -0.4 is 0 Å². The number of hydrogen-bond donors (Lipinski definition) is 0. The molecule has 0 spiro atoms. The maximum atomic E-state index is 2.49. The first-order valence-electron chi connectivity index (χ1n) is 10.4. The number of nitrogens with zero attached hydrogens (tertiary/aromatic N) is 2. The molecule has 0 aliphatic heterocycles. The van der Waals surface area contributed by atoms with Crippen molar-refractivity contribution >= 4 is 0 Å². The first kappa shape index (κ1) is 25.2. The summed E-state index contributed by atoms with van der Waals surface area (Å²) in [5.74, 6) is 0. The van der Waals surface area contributed by atoms with E-state index < -0.39 is 0 Å². The molecule has 0 amide bonds. The zero-order valence-electron chi connectivity index (χ0n) is 17.5. The average Bonchev–Trinajstić information content (AvgIpc) is 2.53. The van der Waals surface area contributed by atoms with Gasteiger partial charge in [0.2, 0.25) is 0 Å². The highest BCUT2D eigenvalue weighted by Crippen LogP contribution is 2.03. The van der Waals surface area contributed by atoms with Crippen molar-refractivity contribution in [1.82, 2.24) is 9.80 Å². The number of unbranched alkanes of at least 4 members (excludes halogenated alkanes) is 9. The van der Waals surface area contributed by atoms with Gasteiger partial charge in [-0.15, -0.1) is 0 Å². The van der Waals surface area contributed by atoms with Gasteiger partial charge >= 0.3 is 0 Å². The minimum absolute atomic E-state index is 1.25. The SMILES string of the molecule is CCCCCCN(C)C.CCCCCCN(C)CCCCCC. The smallest absolute Gasteiger partial charge is 0.00218 e. The van der Waals surface area contributed by atoms with Gasteiger partial charge in [-0.2, -0.15) is 0 Å². The van der Waals surface area contributed by atoms with E-state index in [4.69, 9.17) is 0 Å². The highest BCUT2D eigenvalue weighted by Gasteiger charge is 1.97. The Labute approximate surface area is 149 Å². The Morgan fingerprint density at radius 3 is 1.09 bits per heavy atom. The van der Waals surface area contributed by atoms with Gasteiger partial charge in [0.25, 0.3) is 0 Å². The second-order valence-corrected chi connectivity index (χ2v) is 7.29. The van der Waals surface area contributed by atoms with Crippen LogP contribution in [-0.4, -0.2) is 50.6 Å². The zero-order valence-corrected chi connectivity index (χ0v) is 17.5. The minimum Gasteiger partial charge on any atom is -0.309 e. The van der Waals surface area contributed by atoms with Gasteiger partial charge in [-0.1, -0.05) is 78.6 Å². The van der Waals surface area contributed by atoms with E-state index in [1.165, 1.54) is 96.7 Å². The van der Waals surface area contributed by atoms with Crippen molar-refractivity contribution in [2.75, 3.05) is 40.8 Å². The summed E-state index contributed by atoms with van der Waals surface area (Å²) in [6, 6.07) is 0. The molecule has 0 aliphatic carbocycles. The Hall–Kier alpha value is -0.0800. The lowest BCUT2D eigenvalue weighted by Crippen LogP contribution is -2.20. The molecule has 0 aliphatic rings. The summed E-state index contributed by atoms with van der Waals surface area (Å²) in [7, 11) is 6.52.